The zero-order valence-corrected chi connectivity index (χ0v) is 18.1. The van der Waals surface area contributed by atoms with Crippen LogP contribution < -0.4 is 15.4 Å². The molecule has 3 aromatic carbocycles. The number of para-hydroxylation sites is 1. The summed E-state index contributed by atoms with van der Waals surface area (Å²) in [6.07, 6.45) is 0. The highest BCUT2D eigenvalue weighted by atomic mass is 35.5. The van der Waals surface area contributed by atoms with E-state index in [1.807, 2.05) is 30.3 Å². The molecule has 0 heterocycles. The number of hydrogen-bond donors (Lipinski definition) is 2. The number of carbonyl (C=O) groups excluding carboxylic acids is 2. The summed E-state index contributed by atoms with van der Waals surface area (Å²) in [7, 11) is 0. The number of amides is 2. The van der Waals surface area contributed by atoms with Gasteiger partial charge in [0.05, 0.1) is 5.75 Å². The third kappa shape index (κ3) is 7.30. The number of thioether (sulfide) groups is 1. The highest BCUT2D eigenvalue weighted by molar-refractivity contribution is 8.00. The molecule has 3 rings (SSSR count). The van der Waals surface area contributed by atoms with E-state index in [1.165, 1.54) is 11.8 Å². The van der Waals surface area contributed by atoms with E-state index in [4.69, 9.17) is 27.9 Å². The van der Waals surface area contributed by atoms with Gasteiger partial charge in [-0.2, -0.15) is 0 Å². The van der Waals surface area contributed by atoms with Gasteiger partial charge in [-0.15, -0.1) is 11.8 Å². The van der Waals surface area contributed by atoms with Gasteiger partial charge >= 0.3 is 0 Å². The molecule has 3 aromatic rings. The van der Waals surface area contributed by atoms with E-state index >= 15 is 0 Å². The molecule has 0 atom stereocenters. The normalized spacial score (nSPS) is 10.3. The van der Waals surface area contributed by atoms with Gasteiger partial charge in [0.15, 0.2) is 6.61 Å². The molecule has 0 saturated heterocycles. The van der Waals surface area contributed by atoms with Crippen molar-refractivity contribution in [3.8, 4) is 5.75 Å². The molecule has 30 heavy (non-hydrogen) atoms. The highest BCUT2D eigenvalue weighted by Crippen LogP contribution is 2.24. The van der Waals surface area contributed by atoms with E-state index in [9.17, 15) is 9.59 Å². The minimum atomic E-state index is -0.267. The van der Waals surface area contributed by atoms with Crippen LogP contribution in [-0.2, 0) is 9.59 Å². The van der Waals surface area contributed by atoms with Crippen LogP contribution in [0, 0.1) is 0 Å². The minimum absolute atomic E-state index is 0.0913. The predicted octanol–water partition coefficient (Wildman–Crippen LogP) is 5.74. The molecule has 0 saturated carbocycles. The Morgan fingerprint density at radius 3 is 2.23 bits per heavy atom. The molecule has 5 nitrogen and oxygen atoms in total. The molecule has 0 aromatic heterocycles. The molecule has 0 aliphatic carbocycles. The number of hydrogen-bond acceptors (Lipinski definition) is 4. The molecule has 0 aliphatic rings. The first kappa shape index (κ1) is 22.0. The minimum Gasteiger partial charge on any atom is -0.484 e. The summed E-state index contributed by atoms with van der Waals surface area (Å²) < 4.78 is 5.43. The first-order valence-corrected chi connectivity index (χ1v) is 10.7. The van der Waals surface area contributed by atoms with E-state index in [1.54, 1.807) is 42.5 Å². The monoisotopic (exact) mass is 460 g/mol. The number of halogens is 2. The fourth-order valence-corrected chi connectivity index (χ4v) is 3.78. The largest absolute Gasteiger partial charge is 0.484 e. The molecule has 2 N–H and O–H groups in total. The Morgan fingerprint density at radius 2 is 1.50 bits per heavy atom. The van der Waals surface area contributed by atoms with Crippen LogP contribution in [0.1, 0.15) is 0 Å². The van der Waals surface area contributed by atoms with Crippen LogP contribution in [0.2, 0.25) is 10.0 Å². The second kappa shape index (κ2) is 10.9. The van der Waals surface area contributed by atoms with Gasteiger partial charge in [-0.1, -0.05) is 47.5 Å². The lowest BCUT2D eigenvalue weighted by Gasteiger charge is -2.09. The Balaban J connectivity index is 1.48. The van der Waals surface area contributed by atoms with Gasteiger partial charge < -0.3 is 15.4 Å². The van der Waals surface area contributed by atoms with E-state index in [0.29, 0.717) is 27.2 Å². The molecule has 0 fully saturated rings. The van der Waals surface area contributed by atoms with Gasteiger partial charge in [0.1, 0.15) is 5.75 Å². The number of ether oxygens (including phenoxy) is 1. The molecule has 8 heteroatoms. The van der Waals surface area contributed by atoms with Crippen molar-refractivity contribution >= 4 is 58.2 Å². The summed E-state index contributed by atoms with van der Waals surface area (Å²) in [4.78, 5) is 25.1. The first-order valence-electron chi connectivity index (χ1n) is 8.94. The first-order chi connectivity index (χ1) is 14.5. The molecular weight excluding hydrogens is 443 g/mol. The number of anilines is 2. The van der Waals surface area contributed by atoms with Crippen LogP contribution in [0.3, 0.4) is 0 Å². The molecule has 0 aliphatic heterocycles. The number of carbonyl (C=O) groups is 2. The van der Waals surface area contributed by atoms with Gasteiger partial charge in [0.2, 0.25) is 5.91 Å². The van der Waals surface area contributed by atoms with Gasteiger partial charge in [-0.25, -0.2) is 0 Å². The maximum atomic E-state index is 12.2. The summed E-state index contributed by atoms with van der Waals surface area (Å²) in [6.45, 7) is -0.0913. The van der Waals surface area contributed by atoms with Crippen LogP contribution in [0.5, 0.6) is 5.75 Å². The van der Waals surface area contributed by atoms with Crippen molar-refractivity contribution in [2.24, 2.45) is 0 Å². The Morgan fingerprint density at radius 1 is 0.800 bits per heavy atom. The van der Waals surface area contributed by atoms with Crippen molar-refractivity contribution in [3.63, 3.8) is 0 Å². The summed E-state index contributed by atoms with van der Waals surface area (Å²) in [6, 6.07) is 21.2. The average molecular weight is 461 g/mol. The third-order valence-electron chi connectivity index (χ3n) is 3.75. The van der Waals surface area contributed by atoms with E-state index in [-0.39, 0.29) is 24.2 Å². The maximum Gasteiger partial charge on any atom is 0.262 e. The lowest BCUT2D eigenvalue weighted by molar-refractivity contribution is -0.118. The quantitative estimate of drug-likeness (QED) is 0.420. The molecule has 0 spiro atoms. The fourth-order valence-electron chi connectivity index (χ4n) is 2.50. The highest BCUT2D eigenvalue weighted by Gasteiger charge is 2.08. The molecule has 0 bridgehead atoms. The van der Waals surface area contributed by atoms with Gasteiger partial charge in [0, 0.05) is 26.3 Å². The average Bonchev–Trinajstić information content (AvgIpc) is 2.71. The lowest BCUT2D eigenvalue weighted by atomic mass is 10.3. The van der Waals surface area contributed by atoms with Gasteiger partial charge in [-0.3, -0.25) is 9.59 Å². The topological polar surface area (TPSA) is 67.4 Å². The van der Waals surface area contributed by atoms with Crippen LogP contribution in [-0.4, -0.2) is 24.2 Å². The smallest absolute Gasteiger partial charge is 0.262 e. The van der Waals surface area contributed by atoms with Gasteiger partial charge in [-0.05, 0) is 48.5 Å². The Hall–Kier alpha value is -2.67. The van der Waals surface area contributed by atoms with Gasteiger partial charge in [0.25, 0.3) is 5.91 Å². The molecular formula is C22H18Cl2N2O3S. The van der Waals surface area contributed by atoms with Crippen molar-refractivity contribution in [3.05, 3.63) is 82.8 Å². The zero-order chi connectivity index (χ0) is 21.3. The summed E-state index contributed by atoms with van der Waals surface area (Å²) in [5, 5.41) is 6.44. The third-order valence-corrected chi connectivity index (χ3v) is 5.18. The van der Waals surface area contributed by atoms with Crippen molar-refractivity contribution in [2.45, 2.75) is 4.90 Å². The van der Waals surface area contributed by atoms with E-state index in [0.717, 1.165) is 4.90 Å². The Bertz CT molecular complexity index is 1010. The Kier molecular flexibility index (Phi) is 8.02. The molecule has 2 amide bonds. The fraction of sp³-hybridized carbons (Fsp3) is 0.0909. The lowest BCUT2D eigenvalue weighted by Crippen LogP contribution is -2.20. The molecule has 0 unspecified atom stereocenters. The second-order valence-corrected chi connectivity index (χ2v) is 8.09. The van der Waals surface area contributed by atoms with Crippen LogP contribution in [0.4, 0.5) is 11.4 Å². The maximum absolute atomic E-state index is 12.2. The molecule has 0 radical (unpaired) electrons. The number of nitrogens with one attached hydrogen (secondary N) is 2. The van der Waals surface area contributed by atoms with Crippen molar-refractivity contribution in [1.29, 1.82) is 0 Å². The van der Waals surface area contributed by atoms with E-state index in [2.05, 4.69) is 10.6 Å². The van der Waals surface area contributed by atoms with Crippen LogP contribution in [0.15, 0.2) is 77.7 Å². The second-order valence-electron chi connectivity index (χ2n) is 6.17. The standard InChI is InChI=1S/C22H18Cl2N2O3S/c23-15-9-16(24)11-18(10-15)26-22(28)14-30-20-8-4-5-17(12-20)25-21(27)13-29-19-6-2-1-3-7-19/h1-12H,13-14H2,(H,25,27)(H,26,28). The predicted molar refractivity (Wildman–Crippen MR) is 123 cm³/mol. The number of benzene rings is 3. The van der Waals surface area contributed by atoms with Crippen molar-refractivity contribution in [1.82, 2.24) is 0 Å². The SMILES string of the molecule is O=C(COc1ccccc1)Nc1cccc(SCC(=O)Nc2cc(Cl)cc(Cl)c2)c1. The number of rotatable bonds is 8. The summed E-state index contributed by atoms with van der Waals surface area (Å²) in [5.74, 6) is 0.364. The Labute approximate surface area is 188 Å². The van der Waals surface area contributed by atoms with Crippen molar-refractivity contribution < 1.29 is 14.3 Å². The van der Waals surface area contributed by atoms with Crippen LogP contribution >= 0.6 is 35.0 Å². The van der Waals surface area contributed by atoms with Crippen LogP contribution in [0.25, 0.3) is 0 Å². The summed E-state index contributed by atoms with van der Waals surface area (Å²) in [5.41, 5.74) is 1.17. The molecule has 154 valence electrons. The summed E-state index contributed by atoms with van der Waals surface area (Å²) >= 11 is 13.2. The zero-order valence-electron chi connectivity index (χ0n) is 15.7. The van der Waals surface area contributed by atoms with Crippen molar-refractivity contribution in [2.75, 3.05) is 23.0 Å². The van der Waals surface area contributed by atoms with E-state index < -0.39 is 0 Å².